The van der Waals surface area contributed by atoms with Gasteiger partial charge in [0.25, 0.3) is 5.56 Å². The minimum atomic E-state index is -0.177. The van der Waals surface area contributed by atoms with E-state index in [0.29, 0.717) is 18.0 Å². The largest absolute Gasteiger partial charge is 0.341 e. The zero-order valence-electron chi connectivity index (χ0n) is 15.5. The zero-order chi connectivity index (χ0) is 18.4. The Labute approximate surface area is 156 Å². The van der Waals surface area contributed by atoms with Crippen LogP contribution in [-0.2, 0) is 17.9 Å². The first-order chi connectivity index (χ1) is 12.5. The fourth-order valence-electron chi connectivity index (χ4n) is 3.85. The number of rotatable bonds is 3. The molecule has 3 aromatic heterocycles. The average molecular weight is 372 g/mol. The molecule has 4 heterocycles. The Morgan fingerprint density at radius 3 is 2.77 bits per heavy atom. The molecular weight excluding hydrogens is 348 g/mol. The summed E-state index contributed by atoms with van der Waals surface area (Å²) >= 11 is 1.69. The molecule has 0 atom stereocenters. The number of carbonyl (C=O) groups is 1. The van der Waals surface area contributed by atoms with E-state index in [9.17, 15) is 9.59 Å². The van der Waals surface area contributed by atoms with Crippen LogP contribution in [0.5, 0.6) is 0 Å². The van der Waals surface area contributed by atoms with Crippen molar-refractivity contribution in [1.82, 2.24) is 19.2 Å². The molecule has 1 aliphatic rings. The van der Waals surface area contributed by atoms with Gasteiger partial charge in [0, 0.05) is 29.9 Å². The van der Waals surface area contributed by atoms with Crippen LogP contribution in [-0.4, -0.2) is 38.2 Å². The molecule has 1 saturated heterocycles. The summed E-state index contributed by atoms with van der Waals surface area (Å²) in [6, 6.07) is 2.12. The van der Waals surface area contributed by atoms with Gasteiger partial charge in [0.15, 0.2) is 0 Å². The number of aryl methyl sites for hydroxylation is 2. The molecule has 26 heavy (non-hydrogen) atoms. The molecule has 1 aliphatic heterocycles. The first kappa shape index (κ1) is 17.3. The maximum atomic E-state index is 13.0. The van der Waals surface area contributed by atoms with Gasteiger partial charge < -0.3 is 9.47 Å². The van der Waals surface area contributed by atoms with Crippen LogP contribution >= 0.6 is 11.3 Å². The molecule has 6 nitrogen and oxygen atoms in total. The number of amides is 1. The van der Waals surface area contributed by atoms with Gasteiger partial charge in [-0.25, -0.2) is 4.68 Å². The molecule has 0 saturated carbocycles. The van der Waals surface area contributed by atoms with E-state index in [4.69, 9.17) is 0 Å². The second-order valence-corrected chi connectivity index (χ2v) is 8.50. The molecule has 1 fully saturated rings. The predicted molar refractivity (Wildman–Crippen MR) is 105 cm³/mol. The van der Waals surface area contributed by atoms with Crippen LogP contribution < -0.4 is 5.56 Å². The van der Waals surface area contributed by atoms with Gasteiger partial charge in [-0.2, -0.15) is 5.10 Å². The normalized spacial score (nSPS) is 16.0. The summed E-state index contributed by atoms with van der Waals surface area (Å²) in [6.07, 6.45) is 3.80. The molecule has 0 bridgehead atoms. The Hall–Kier alpha value is -2.15. The van der Waals surface area contributed by atoms with Gasteiger partial charge in [0.05, 0.1) is 16.4 Å². The molecule has 0 aliphatic carbocycles. The monoisotopic (exact) mass is 372 g/mol. The van der Waals surface area contributed by atoms with Crippen molar-refractivity contribution in [1.29, 1.82) is 0 Å². The van der Waals surface area contributed by atoms with Crippen molar-refractivity contribution in [2.45, 2.75) is 46.7 Å². The van der Waals surface area contributed by atoms with Gasteiger partial charge in [-0.05, 0) is 38.7 Å². The highest BCUT2D eigenvalue weighted by Gasteiger charge is 2.22. The molecule has 7 heteroatoms. The lowest BCUT2D eigenvalue weighted by Gasteiger charge is -2.30. The van der Waals surface area contributed by atoms with Crippen molar-refractivity contribution in [2.75, 3.05) is 13.1 Å². The van der Waals surface area contributed by atoms with Gasteiger partial charge in [0.2, 0.25) is 5.91 Å². The van der Waals surface area contributed by atoms with E-state index < -0.39 is 0 Å². The summed E-state index contributed by atoms with van der Waals surface area (Å²) < 4.78 is 4.47. The summed E-state index contributed by atoms with van der Waals surface area (Å²) in [5, 5.41) is 5.20. The molecule has 3 aromatic rings. The topological polar surface area (TPSA) is 60.1 Å². The van der Waals surface area contributed by atoms with Crippen LogP contribution in [0.2, 0.25) is 0 Å². The second-order valence-electron chi connectivity index (χ2n) is 7.25. The van der Waals surface area contributed by atoms with E-state index in [1.165, 1.54) is 9.56 Å². The number of likely N-dealkylation sites (tertiary alicyclic amines) is 1. The summed E-state index contributed by atoms with van der Waals surface area (Å²) in [5.74, 6) is 0.651. The summed E-state index contributed by atoms with van der Waals surface area (Å²) in [7, 11) is 0. The Morgan fingerprint density at radius 2 is 2.08 bits per heavy atom. The van der Waals surface area contributed by atoms with Gasteiger partial charge in [-0.1, -0.05) is 6.92 Å². The molecule has 4 rings (SSSR count). The predicted octanol–water partition coefficient (Wildman–Crippen LogP) is 3.00. The standard InChI is InChI=1S/C19H24N4O2S/c1-4-22-15-9-13(3)26-18(15)14-10-20-23(19(25)17(14)22)11-16(24)21-7-5-12(2)6-8-21/h9-10,12H,4-8,11H2,1-3H3. The van der Waals surface area contributed by atoms with Crippen molar-refractivity contribution in [3.8, 4) is 0 Å². The number of carbonyl (C=O) groups excluding carboxylic acids is 1. The van der Waals surface area contributed by atoms with E-state index in [1.807, 2.05) is 16.4 Å². The first-order valence-corrected chi connectivity index (χ1v) is 10.1. The fourth-order valence-corrected chi connectivity index (χ4v) is 4.87. The van der Waals surface area contributed by atoms with Crippen molar-refractivity contribution >= 4 is 38.4 Å². The molecule has 138 valence electrons. The summed E-state index contributed by atoms with van der Waals surface area (Å²) in [5.41, 5.74) is 1.56. The lowest BCUT2D eigenvalue weighted by atomic mass is 9.99. The van der Waals surface area contributed by atoms with Crippen LogP contribution in [0.15, 0.2) is 17.1 Å². The zero-order valence-corrected chi connectivity index (χ0v) is 16.3. The number of aromatic nitrogens is 3. The van der Waals surface area contributed by atoms with E-state index in [-0.39, 0.29) is 18.0 Å². The highest BCUT2D eigenvalue weighted by atomic mass is 32.1. The number of nitrogens with zero attached hydrogens (tertiary/aromatic N) is 4. The lowest BCUT2D eigenvalue weighted by molar-refractivity contribution is -0.133. The van der Waals surface area contributed by atoms with Gasteiger partial charge in [0.1, 0.15) is 12.1 Å². The maximum Gasteiger partial charge on any atom is 0.291 e. The SMILES string of the molecule is CCn1c2cc(C)sc2c2cnn(CC(=O)N3CCC(C)CC3)c(=O)c21. The van der Waals surface area contributed by atoms with Crippen molar-refractivity contribution in [3.05, 3.63) is 27.5 Å². The van der Waals surface area contributed by atoms with Gasteiger partial charge in [-0.3, -0.25) is 9.59 Å². The van der Waals surface area contributed by atoms with Crippen LogP contribution in [0.4, 0.5) is 0 Å². The third-order valence-electron chi connectivity index (χ3n) is 5.40. The third kappa shape index (κ3) is 2.74. The number of hydrogen-bond donors (Lipinski definition) is 0. The van der Waals surface area contributed by atoms with Crippen LogP contribution in [0.3, 0.4) is 0 Å². The van der Waals surface area contributed by atoms with Crippen molar-refractivity contribution < 1.29 is 4.79 Å². The molecule has 0 spiro atoms. The Balaban J connectivity index is 1.72. The quantitative estimate of drug-likeness (QED) is 0.710. The van der Waals surface area contributed by atoms with Crippen molar-refractivity contribution in [3.63, 3.8) is 0 Å². The minimum absolute atomic E-state index is 0.0156. The van der Waals surface area contributed by atoms with Gasteiger partial charge >= 0.3 is 0 Å². The molecule has 1 amide bonds. The Morgan fingerprint density at radius 1 is 1.35 bits per heavy atom. The smallest absolute Gasteiger partial charge is 0.291 e. The Kier molecular flexibility index (Phi) is 4.34. The molecule has 0 unspecified atom stereocenters. The van der Waals surface area contributed by atoms with Gasteiger partial charge in [-0.15, -0.1) is 11.3 Å². The molecule has 0 N–H and O–H groups in total. The highest BCUT2D eigenvalue weighted by molar-refractivity contribution is 7.20. The average Bonchev–Trinajstić information content (AvgIpc) is 3.13. The number of hydrogen-bond acceptors (Lipinski definition) is 4. The Bertz CT molecular complexity index is 1040. The van der Waals surface area contributed by atoms with Crippen LogP contribution in [0.25, 0.3) is 21.1 Å². The first-order valence-electron chi connectivity index (χ1n) is 9.25. The number of fused-ring (bicyclic) bond motifs is 3. The summed E-state index contributed by atoms with van der Waals surface area (Å²) in [4.78, 5) is 28.7. The van der Waals surface area contributed by atoms with E-state index in [2.05, 4.69) is 25.0 Å². The number of thiophene rings is 1. The van der Waals surface area contributed by atoms with Crippen LogP contribution in [0.1, 0.15) is 31.6 Å². The second kappa shape index (κ2) is 6.54. The lowest BCUT2D eigenvalue weighted by Crippen LogP contribution is -2.41. The van der Waals surface area contributed by atoms with Crippen LogP contribution in [0, 0.1) is 12.8 Å². The van der Waals surface area contributed by atoms with E-state index >= 15 is 0 Å². The third-order valence-corrected chi connectivity index (χ3v) is 6.47. The van der Waals surface area contributed by atoms with Crippen molar-refractivity contribution in [2.24, 2.45) is 5.92 Å². The maximum absolute atomic E-state index is 13.0. The van der Waals surface area contributed by atoms with E-state index in [1.54, 1.807) is 17.5 Å². The number of piperidine rings is 1. The highest BCUT2D eigenvalue weighted by Crippen LogP contribution is 2.33. The fraction of sp³-hybridized carbons (Fsp3) is 0.526. The molecule has 0 radical (unpaired) electrons. The minimum Gasteiger partial charge on any atom is -0.341 e. The molecular formula is C19H24N4O2S. The van der Waals surface area contributed by atoms with E-state index in [0.717, 1.165) is 41.5 Å². The summed E-state index contributed by atoms with van der Waals surface area (Å²) in [6.45, 7) is 8.61. The molecule has 0 aromatic carbocycles.